The van der Waals surface area contributed by atoms with Crippen LogP contribution in [0, 0.1) is 5.82 Å². The van der Waals surface area contributed by atoms with Gasteiger partial charge in [0.05, 0.1) is 6.54 Å². The minimum absolute atomic E-state index is 0.135. The van der Waals surface area contributed by atoms with Gasteiger partial charge in [-0.15, -0.1) is 0 Å². The van der Waals surface area contributed by atoms with Gasteiger partial charge in [-0.3, -0.25) is 4.79 Å². The summed E-state index contributed by atoms with van der Waals surface area (Å²) in [6.45, 7) is 1.72. The van der Waals surface area contributed by atoms with E-state index in [2.05, 4.69) is 10.5 Å². The second-order valence-electron chi connectivity index (χ2n) is 3.60. The SMILES string of the molecule is CC(=O)NCc1cc(-c2ccc(F)cc2)no1. The van der Waals surface area contributed by atoms with Gasteiger partial charge in [-0.1, -0.05) is 5.16 Å². The number of nitrogens with one attached hydrogen (secondary N) is 1. The smallest absolute Gasteiger partial charge is 0.217 e. The van der Waals surface area contributed by atoms with Gasteiger partial charge in [-0.05, 0) is 24.3 Å². The molecule has 0 bridgehead atoms. The summed E-state index contributed by atoms with van der Waals surface area (Å²) < 4.78 is 17.8. The molecule has 0 atom stereocenters. The molecule has 0 fully saturated rings. The van der Waals surface area contributed by atoms with Crippen molar-refractivity contribution >= 4 is 5.91 Å². The second kappa shape index (κ2) is 4.78. The molecule has 0 unspecified atom stereocenters. The van der Waals surface area contributed by atoms with Crippen molar-refractivity contribution in [2.24, 2.45) is 0 Å². The van der Waals surface area contributed by atoms with E-state index >= 15 is 0 Å². The van der Waals surface area contributed by atoms with Crippen molar-refractivity contribution in [1.29, 1.82) is 0 Å². The number of hydrogen-bond acceptors (Lipinski definition) is 3. The molecule has 5 heteroatoms. The molecule has 88 valence electrons. The van der Waals surface area contributed by atoms with Crippen molar-refractivity contribution in [3.63, 3.8) is 0 Å². The summed E-state index contributed by atoms with van der Waals surface area (Å²) in [6.07, 6.45) is 0. The molecule has 1 amide bonds. The van der Waals surface area contributed by atoms with Crippen molar-refractivity contribution in [2.75, 3.05) is 0 Å². The van der Waals surface area contributed by atoms with E-state index < -0.39 is 0 Å². The van der Waals surface area contributed by atoms with Crippen LogP contribution in [0.5, 0.6) is 0 Å². The minimum atomic E-state index is -0.296. The molecule has 0 saturated heterocycles. The Morgan fingerprint density at radius 1 is 1.41 bits per heavy atom. The third-order valence-electron chi connectivity index (χ3n) is 2.21. The quantitative estimate of drug-likeness (QED) is 0.884. The van der Waals surface area contributed by atoms with Crippen LogP contribution in [0.15, 0.2) is 34.9 Å². The zero-order valence-electron chi connectivity index (χ0n) is 9.24. The van der Waals surface area contributed by atoms with Crippen LogP contribution >= 0.6 is 0 Å². The second-order valence-corrected chi connectivity index (χ2v) is 3.60. The number of nitrogens with zero attached hydrogens (tertiary/aromatic N) is 1. The van der Waals surface area contributed by atoms with Crippen LogP contribution in [0.4, 0.5) is 4.39 Å². The van der Waals surface area contributed by atoms with Crippen molar-refractivity contribution in [1.82, 2.24) is 10.5 Å². The van der Waals surface area contributed by atoms with Crippen LogP contribution in [-0.4, -0.2) is 11.1 Å². The average molecular weight is 234 g/mol. The zero-order valence-corrected chi connectivity index (χ0v) is 9.24. The number of hydrogen-bond donors (Lipinski definition) is 1. The Morgan fingerprint density at radius 2 is 2.12 bits per heavy atom. The minimum Gasteiger partial charge on any atom is -0.359 e. The highest BCUT2D eigenvalue weighted by molar-refractivity contribution is 5.72. The highest BCUT2D eigenvalue weighted by atomic mass is 19.1. The number of carbonyl (C=O) groups excluding carboxylic acids is 1. The standard InChI is InChI=1S/C12H11FN2O2/c1-8(16)14-7-11-6-12(15-17-11)9-2-4-10(13)5-3-9/h2-6H,7H2,1H3,(H,14,16). The van der Waals surface area contributed by atoms with Crippen LogP contribution in [0.2, 0.25) is 0 Å². The first-order valence-corrected chi connectivity index (χ1v) is 5.11. The molecular weight excluding hydrogens is 223 g/mol. The van der Waals surface area contributed by atoms with Crippen LogP contribution < -0.4 is 5.32 Å². The predicted molar refractivity (Wildman–Crippen MR) is 59.4 cm³/mol. The van der Waals surface area contributed by atoms with E-state index in [1.807, 2.05) is 0 Å². The molecule has 2 rings (SSSR count). The van der Waals surface area contributed by atoms with E-state index in [1.54, 1.807) is 18.2 Å². The summed E-state index contributed by atoms with van der Waals surface area (Å²) in [4.78, 5) is 10.7. The number of halogens is 1. The molecule has 4 nitrogen and oxygen atoms in total. The first-order chi connectivity index (χ1) is 8.15. The third-order valence-corrected chi connectivity index (χ3v) is 2.21. The lowest BCUT2D eigenvalue weighted by molar-refractivity contribution is -0.119. The maximum absolute atomic E-state index is 12.7. The molecule has 0 aliphatic carbocycles. The Bertz CT molecular complexity index is 520. The van der Waals surface area contributed by atoms with E-state index in [4.69, 9.17) is 4.52 Å². The lowest BCUT2D eigenvalue weighted by Gasteiger charge is -1.95. The Morgan fingerprint density at radius 3 is 2.76 bits per heavy atom. The molecule has 0 radical (unpaired) electrons. The first kappa shape index (κ1) is 11.3. The van der Waals surface area contributed by atoms with Crippen molar-refractivity contribution < 1.29 is 13.7 Å². The van der Waals surface area contributed by atoms with Crippen LogP contribution in [-0.2, 0) is 11.3 Å². The third kappa shape index (κ3) is 2.90. The molecule has 1 aromatic carbocycles. The van der Waals surface area contributed by atoms with Gasteiger partial charge in [0.1, 0.15) is 11.5 Å². The molecule has 1 heterocycles. The Balaban J connectivity index is 2.12. The molecule has 1 aromatic heterocycles. The maximum Gasteiger partial charge on any atom is 0.217 e. The number of aromatic nitrogens is 1. The van der Waals surface area contributed by atoms with Crippen molar-refractivity contribution in [2.45, 2.75) is 13.5 Å². The van der Waals surface area contributed by atoms with Crippen LogP contribution in [0.3, 0.4) is 0 Å². The number of rotatable bonds is 3. The van der Waals surface area contributed by atoms with Gasteiger partial charge in [0.25, 0.3) is 0 Å². The molecular formula is C12H11FN2O2. The van der Waals surface area contributed by atoms with Crippen LogP contribution in [0.25, 0.3) is 11.3 Å². The Labute approximate surface area is 97.4 Å². The fourth-order valence-corrected chi connectivity index (χ4v) is 1.36. The average Bonchev–Trinajstić information content (AvgIpc) is 2.76. The van der Waals surface area contributed by atoms with Gasteiger partial charge in [0.15, 0.2) is 5.76 Å². The number of carbonyl (C=O) groups is 1. The molecule has 17 heavy (non-hydrogen) atoms. The molecule has 2 aromatic rings. The molecule has 0 aliphatic rings. The fraction of sp³-hybridized carbons (Fsp3) is 0.167. The van der Waals surface area contributed by atoms with Crippen molar-refractivity contribution in [3.8, 4) is 11.3 Å². The van der Waals surface area contributed by atoms with Crippen molar-refractivity contribution in [3.05, 3.63) is 41.9 Å². The van der Waals surface area contributed by atoms with E-state index in [9.17, 15) is 9.18 Å². The summed E-state index contributed by atoms with van der Waals surface area (Å²) in [5.74, 6) is 0.125. The number of benzene rings is 1. The molecule has 0 aliphatic heterocycles. The lowest BCUT2D eigenvalue weighted by Crippen LogP contribution is -2.18. The van der Waals surface area contributed by atoms with E-state index in [0.717, 1.165) is 5.56 Å². The Hall–Kier alpha value is -2.17. The van der Waals surface area contributed by atoms with Gasteiger partial charge >= 0.3 is 0 Å². The normalized spacial score (nSPS) is 10.2. The summed E-state index contributed by atoms with van der Waals surface area (Å²) in [5, 5.41) is 6.45. The van der Waals surface area contributed by atoms with E-state index in [-0.39, 0.29) is 11.7 Å². The monoisotopic (exact) mass is 234 g/mol. The van der Waals surface area contributed by atoms with Gasteiger partial charge in [-0.2, -0.15) is 0 Å². The predicted octanol–water partition coefficient (Wildman–Crippen LogP) is 2.12. The van der Waals surface area contributed by atoms with Gasteiger partial charge in [-0.25, -0.2) is 4.39 Å². The highest BCUT2D eigenvalue weighted by Crippen LogP contribution is 2.19. The first-order valence-electron chi connectivity index (χ1n) is 5.11. The number of amides is 1. The van der Waals surface area contributed by atoms with E-state index in [0.29, 0.717) is 18.0 Å². The molecule has 0 saturated carbocycles. The van der Waals surface area contributed by atoms with Gasteiger partial charge in [0.2, 0.25) is 5.91 Å². The van der Waals surface area contributed by atoms with E-state index in [1.165, 1.54) is 19.1 Å². The topological polar surface area (TPSA) is 55.1 Å². The maximum atomic E-state index is 12.7. The zero-order chi connectivity index (χ0) is 12.3. The molecule has 1 N–H and O–H groups in total. The van der Waals surface area contributed by atoms with Crippen LogP contribution in [0.1, 0.15) is 12.7 Å². The fourth-order valence-electron chi connectivity index (χ4n) is 1.36. The lowest BCUT2D eigenvalue weighted by atomic mass is 10.1. The Kier molecular flexibility index (Phi) is 3.18. The highest BCUT2D eigenvalue weighted by Gasteiger charge is 2.06. The summed E-state index contributed by atoms with van der Waals surface area (Å²) in [6, 6.07) is 7.67. The van der Waals surface area contributed by atoms with Gasteiger partial charge in [0, 0.05) is 18.6 Å². The summed E-state index contributed by atoms with van der Waals surface area (Å²) in [7, 11) is 0. The molecule has 0 spiro atoms. The summed E-state index contributed by atoms with van der Waals surface area (Å²) in [5.41, 5.74) is 1.38. The van der Waals surface area contributed by atoms with Gasteiger partial charge < -0.3 is 9.84 Å². The summed E-state index contributed by atoms with van der Waals surface area (Å²) >= 11 is 0. The largest absolute Gasteiger partial charge is 0.359 e.